The molecule has 1 aromatic heterocycles. The third-order valence-corrected chi connectivity index (χ3v) is 4.95. The minimum atomic E-state index is -0.502. The largest absolute Gasteiger partial charge is 0.405 e. The quantitative estimate of drug-likeness (QED) is 0.733. The fraction of sp³-hybridized carbons (Fsp3) is 0.318. The van der Waals surface area contributed by atoms with E-state index >= 15 is 0 Å². The van der Waals surface area contributed by atoms with Crippen molar-refractivity contribution in [3.63, 3.8) is 0 Å². The lowest BCUT2D eigenvalue weighted by molar-refractivity contribution is 0.0937. The molecule has 4 rings (SSSR count). The topological polar surface area (TPSA) is 71.3 Å². The molecule has 1 saturated heterocycles. The van der Waals surface area contributed by atoms with Crippen LogP contribution in [0, 0.1) is 13.8 Å². The van der Waals surface area contributed by atoms with Crippen molar-refractivity contribution in [2.45, 2.75) is 32.7 Å². The van der Waals surface area contributed by atoms with E-state index in [1.807, 2.05) is 62.4 Å². The molecule has 3 aromatic rings. The summed E-state index contributed by atoms with van der Waals surface area (Å²) in [4.78, 5) is 15.0. The van der Waals surface area contributed by atoms with Crippen LogP contribution < -0.4 is 10.2 Å². The lowest BCUT2D eigenvalue weighted by atomic mass is 10.0. The molecule has 28 heavy (non-hydrogen) atoms. The number of nitrogens with zero attached hydrogens (tertiary/aromatic N) is 3. The van der Waals surface area contributed by atoms with Gasteiger partial charge in [-0.3, -0.25) is 4.79 Å². The smallest absolute Gasteiger partial charge is 0.318 e. The van der Waals surface area contributed by atoms with Crippen LogP contribution in [0.2, 0.25) is 0 Å². The zero-order valence-corrected chi connectivity index (χ0v) is 16.2. The molecule has 0 bridgehead atoms. The van der Waals surface area contributed by atoms with Crippen molar-refractivity contribution in [1.29, 1.82) is 0 Å². The van der Waals surface area contributed by atoms with Gasteiger partial charge in [0.15, 0.2) is 0 Å². The molecule has 144 valence electrons. The summed E-state index contributed by atoms with van der Waals surface area (Å²) >= 11 is 0. The van der Waals surface area contributed by atoms with Crippen molar-refractivity contribution in [3.8, 4) is 0 Å². The van der Waals surface area contributed by atoms with E-state index in [0.717, 1.165) is 42.6 Å². The van der Waals surface area contributed by atoms with Crippen LogP contribution in [0.5, 0.6) is 0 Å². The maximum atomic E-state index is 13.0. The number of hydrogen-bond donors (Lipinski definition) is 1. The van der Waals surface area contributed by atoms with Gasteiger partial charge in [0.1, 0.15) is 6.04 Å². The van der Waals surface area contributed by atoms with Crippen LogP contribution in [0.1, 0.15) is 51.8 Å². The fourth-order valence-corrected chi connectivity index (χ4v) is 3.63. The van der Waals surface area contributed by atoms with Gasteiger partial charge in [-0.2, -0.15) is 0 Å². The highest BCUT2D eigenvalue weighted by Crippen LogP contribution is 2.26. The molecule has 1 unspecified atom stereocenters. The molecule has 0 spiro atoms. The van der Waals surface area contributed by atoms with Gasteiger partial charge in [-0.15, -0.1) is 5.10 Å². The van der Waals surface area contributed by atoms with E-state index < -0.39 is 6.04 Å². The van der Waals surface area contributed by atoms with Gasteiger partial charge in [0, 0.05) is 18.7 Å². The average molecular weight is 376 g/mol. The third kappa shape index (κ3) is 3.91. The predicted molar refractivity (Wildman–Crippen MR) is 107 cm³/mol. The molecule has 6 nitrogen and oxygen atoms in total. The standard InChI is InChI=1S/C22H24N4O2/c1-15-12-16(2)14-18(13-15)20(27)23-19(17-8-4-3-5-9-17)21-24-25-22(28-21)26-10-6-7-11-26/h3-5,8-9,12-14,19H,6-7,10-11H2,1-2H3,(H,23,27). The normalized spacial score (nSPS) is 14.9. The highest BCUT2D eigenvalue weighted by atomic mass is 16.4. The zero-order chi connectivity index (χ0) is 19.5. The van der Waals surface area contributed by atoms with Crippen molar-refractivity contribution >= 4 is 11.9 Å². The Kier molecular flexibility index (Phi) is 5.10. The summed E-state index contributed by atoms with van der Waals surface area (Å²) in [6.45, 7) is 5.82. The average Bonchev–Trinajstić information content (AvgIpc) is 3.37. The number of aryl methyl sites for hydroxylation is 2. The molecular formula is C22H24N4O2. The van der Waals surface area contributed by atoms with E-state index in [0.29, 0.717) is 17.5 Å². The second kappa shape index (κ2) is 7.84. The van der Waals surface area contributed by atoms with Crippen molar-refractivity contribution < 1.29 is 9.21 Å². The Labute approximate surface area is 164 Å². The SMILES string of the molecule is Cc1cc(C)cc(C(=O)NC(c2ccccc2)c2nnc(N3CCCC3)o2)c1. The van der Waals surface area contributed by atoms with Gasteiger partial charge in [0.05, 0.1) is 0 Å². The van der Waals surface area contributed by atoms with Gasteiger partial charge in [-0.25, -0.2) is 0 Å². The van der Waals surface area contributed by atoms with E-state index in [1.54, 1.807) is 0 Å². The minimum absolute atomic E-state index is 0.165. The van der Waals surface area contributed by atoms with Crippen LogP contribution in [0.4, 0.5) is 6.01 Å². The summed E-state index contributed by atoms with van der Waals surface area (Å²) < 4.78 is 5.96. The van der Waals surface area contributed by atoms with Gasteiger partial charge >= 0.3 is 6.01 Å². The van der Waals surface area contributed by atoms with Gasteiger partial charge in [0.25, 0.3) is 5.91 Å². The maximum Gasteiger partial charge on any atom is 0.318 e. The first-order chi connectivity index (χ1) is 13.6. The molecule has 1 aliphatic heterocycles. The molecule has 6 heteroatoms. The predicted octanol–water partition coefficient (Wildman–Crippen LogP) is 3.81. The van der Waals surface area contributed by atoms with Crippen LogP contribution in [-0.2, 0) is 0 Å². The van der Waals surface area contributed by atoms with Gasteiger partial charge in [-0.1, -0.05) is 52.6 Å². The van der Waals surface area contributed by atoms with Crippen LogP contribution in [-0.4, -0.2) is 29.2 Å². The molecule has 1 aliphatic rings. The summed E-state index contributed by atoms with van der Waals surface area (Å²) in [5.41, 5.74) is 3.63. The van der Waals surface area contributed by atoms with E-state index in [-0.39, 0.29) is 5.91 Å². The van der Waals surface area contributed by atoms with Crippen LogP contribution in [0.15, 0.2) is 52.9 Å². The first-order valence-electron chi connectivity index (χ1n) is 9.62. The molecular weight excluding hydrogens is 352 g/mol. The van der Waals surface area contributed by atoms with E-state index in [2.05, 4.69) is 20.4 Å². The number of anilines is 1. The molecule has 1 amide bonds. The Morgan fingerprint density at radius 3 is 2.39 bits per heavy atom. The highest BCUT2D eigenvalue weighted by Gasteiger charge is 2.26. The number of amides is 1. The number of rotatable bonds is 5. The molecule has 0 aliphatic carbocycles. The lowest BCUT2D eigenvalue weighted by Gasteiger charge is -2.17. The Bertz CT molecular complexity index is 941. The number of carbonyl (C=O) groups is 1. The number of nitrogens with one attached hydrogen (secondary N) is 1. The molecule has 1 N–H and O–H groups in total. The second-order valence-electron chi connectivity index (χ2n) is 7.31. The zero-order valence-electron chi connectivity index (χ0n) is 16.2. The number of aromatic nitrogens is 2. The molecule has 1 fully saturated rings. The molecule has 0 saturated carbocycles. The Morgan fingerprint density at radius 2 is 1.71 bits per heavy atom. The summed E-state index contributed by atoms with van der Waals surface area (Å²) in [5.74, 6) is 0.229. The Morgan fingerprint density at radius 1 is 1.04 bits per heavy atom. The number of benzene rings is 2. The van der Waals surface area contributed by atoms with E-state index in [4.69, 9.17) is 4.42 Å². The summed E-state index contributed by atoms with van der Waals surface area (Å²) in [6, 6.07) is 15.5. The number of carbonyl (C=O) groups excluding carboxylic acids is 1. The first kappa shape index (κ1) is 18.2. The van der Waals surface area contributed by atoms with Crippen molar-refractivity contribution in [2.24, 2.45) is 0 Å². The molecule has 2 heterocycles. The molecule has 1 atom stereocenters. The summed E-state index contributed by atoms with van der Waals surface area (Å²) in [6.07, 6.45) is 2.26. The van der Waals surface area contributed by atoms with Crippen molar-refractivity contribution in [2.75, 3.05) is 18.0 Å². The van der Waals surface area contributed by atoms with Crippen molar-refractivity contribution in [1.82, 2.24) is 15.5 Å². The fourth-order valence-electron chi connectivity index (χ4n) is 3.63. The summed E-state index contributed by atoms with van der Waals surface area (Å²) in [5, 5.41) is 11.5. The van der Waals surface area contributed by atoms with E-state index in [9.17, 15) is 4.79 Å². The van der Waals surface area contributed by atoms with Gasteiger partial charge in [-0.05, 0) is 44.4 Å². The maximum absolute atomic E-state index is 13.0. The van der Waals surface area contributed by atoms with E-state index in [1.165, 1.54) is 0 Å². The van der Waals surface area contributed by atoms with Gasteiger partial charge < -0.3 is 14.6 Å². The van der Waals surface area contributed by atoms with Gasteiger partial charge in [0.2, 0.25) is 5.89 Å². The highest BCUT2D eigenvalue weighted by molar-refractivity contribution is 5.95. The lowest BCUT2D eigenvalue weighted by Crippen LogP contribution is -2.29. The second-order valence-corrected chi connectivity index (χ2v) is 7.31. The monoisotopic (exact) mass is 376 g/mol. The number of hydrogen-bond acceptors (Lipinski definition) is 5. The molecule has 0 radical (unpaired) electrons. The van der Waals surface area contributed by atoms with Crippen LogP contribution >= 0.6 is 0 Å². The first-order valence-corrected chi connectivity index (χ1v) is 9.62. The summed E-state index contributed by atoms with van der Waals surface area (Å²) in [7, 11) is 0. The van der Waals surface area contributed by atoms with Crippen molar-refractivity contribution in [3.05, 3.63) is 76.7 Å². The Balaban J connectivity index is 1.63. The minimum Gasteiger partial charge on any atom is -0.405 e. The van der Waals surface area contributed by atoms with Crippen LogP contribution in [0.25, 0.3) is 0 Å². The molecule has 2 aromatic carbocycles. The van der Waals surface area contributed by atoms with Crippen LogP contribution in [0.3, 0.4) is 0 Å². The third-order valence-electron chi connectivity index (χ3n) is 4.95. The Hall–Kier alpha value is -3.15.